The molecule has 0 unspecified atom stereocenters. The highest BCUT2D eigenvalue weighted by Crippen LogP contribution is 2.12. The van der Waals surface area contributed by atoms with Crippen LogP contribution in [0.3, 0.4) is 0 Å². The van der Waals surface area contributed by atoms with E-state index < -0.39 is 11.3 Å². The number of nitrogen functional groups attached to an aromatic ring is 1. The molecule has 0 aliphatic rings. The third-order valence-corrected chi connectivity index (χ3v) is 2.71. The van der Waals surface area contributed by atoms with Crippen molar-refractivity contribution >= 4 is 17.5 Å². The van der Waals surface area contributed by atoms with Gasteiger partial charge in [0.1, 0.15) is 0 Å². The number of amides is 2. The van der Waals surface area contributed by atoms with E-state index in [-0.39, 0.29) is 18.9 Å². The smallest absolute Gasteiger partial charge is 0.224 e. The fraction of sp³-hybridized carbons (Fsp3) is 0.385. The average Bonchev–Trinajstić information content (AvgIpc) is 2.26. The van der Waals surface area contributed by atoms with E-state index in [9.17, 15) is 9.59 Å². The van der Waals surface area contributed by atoms with Crippen LogP contribution in [0.15, 0.2) is 24.3 Å². The minimum Gasteiger partial charge on any atom is -0.399 e. The highest BCUT2D eigenvalue weighted by atomic mass is 16.2. The SMILES string of the molecule is CC(C)(CNC(=O)Cc1cccc(N)c1)C(N)=O. The molecule has 0 fully saturated rings. The highest BCUT2D eigenvalue weighted by Gasteiger charge is 2.25. The summed E-state index contributed by atoms with van der Waals surface area (Å²) in [5.41, 5.74) is 11.6. The van der Waals surface area contributed by atoms with Gasteiger partial charge in [-0.2, -0.15) is 0 Å². The Morgan fingerprint density at radius 1 is 1.33 bits per heavy atom. The van der Waals surface area contributed by atoms with Gasteiger partial charge >= 0.3 is 0 Å². The fourth-order valence-electron chi connectivity index (χ4n) is 1.36. The fourth-order valence-corrected chi connectivity index (χ4v) is 1.36. The molecule has 2 amide bonds. The van der Waals surface area contributed by atoms with E-state index in [1.54, 1.807) is 32.0 Å². The number of carbonyl (C=O) groups is 2. The van der Waals surface area contributed by atoms with Crippen LogP contribution in [0.5, 0.6) is 0 Å². The Morgan fingerprint density at radius 2 is 2.00 bits per heavy atom. The van der Waals surface area contributed by atoms with Crippen LogP contribution in [0.1, 0.15) is 19.4 Å². The largest absolute Gasteiger partial charge is 0.399 e. The standard InChI is InChI=1S/C13H19N3O2/c1-13(2,12(15)18)8-16-11(17)7-9-4-3-5-10(14)6-9/h3-6H,7-8,14H2,1-2H3,(H2,15,18)(H,16,17). The molecule has 0 saturated carbocycles. The summed E-state index contributed by atoms with van der Waals surface area (Å²) in [5, 5.41) is 2.69. The van der Waals surface area contributed by atoms with Crippen molar-refractivity contribution < 1.29 is 9.59 Å². The molecule has 0 aliphatic heterocycles. The monoisotopic (exact) mass is 249 g/mol. The molecule has 0 spiro atoms. The van der Waals surface area contributed by atoms with Crippen molar-refractivity contribution in [3.8, 4) is 0 Å². The van der Waals surface area contributed by atoms with Crippen molar-refractivity contribution in [2.45, 2.75) is 20.3 Å². The van der Waals surface area contributed by atoms with E-state index in [0.29, 0.717) is 5.69 Å². The van der Waals surface area contributed by atoms with Gasteiger partial charge in [0.2, 0.25) is 11.8 Å². The Kier molecular flexibility index (Phi) is 4.31. The molecule has 18 heavy (non-hydrogen) atoms. The first kappa shape index (κ1) is 14.0. The van der Waals surface area contributed by atoms with Crippen LogP contribution in [-0.4, -0.2) is 18.4 Å². The first-order chi connectivity index (χ1) is 8.31. The Bertz CT molecular complexity index is 455. The molecule has 5 nitrogen and oxygen atoms in total. The number of primary amides is 1. The second-order valence-corrected chi connectivity index (χ2v) is 4.95. The minimum absolute atomic E-state index is 0.157. The van der Waals surface area contributed by atoms with E-state index in [4.69, 9.17) is 11.5 Å². The number of benzene rings is 1. The van der Waals surface area contributed by atoms with Gasteiger partial charge in [-0.3, -0.25) is 9.59 Å². The van der Waals surface area contributed by atoms with Crippen LogP contribution in [0.25, 0.3) is 0 Å². The summed E-state index contributed by atoms with van der Waals surface area (Å²) in [6, 6.07) is 7.14. The molecule has 0 bridgehead atoms. The highest BCUT2D eigenvalue weighted by molar-refractivity contribution is 5.82. The summed E-state index contributed by atoms with van der Waals surface area (Å²) in [4.78, 5) is 22.8. The summed E-state index contributed by atoms with van der Waals surface area (Å²) in [6.07, 6.45) is 0.236. The third kappa shape index (κ3) is 4.08. The topological polar surface area (TPSA) is 98.2 Å². The first-order valence-corrected chi connectivity index (χ1v) is 5.72. The van der Waals surface area contributed by atoms with Crippen molar-refractivity contribution in [1.82, 2.24) is 5.32 Å². The van der Waals surface area contributed by atoms with E-state index in [0.717, 1.165) is 5.56 Å². The zero-order chi connectivity index (χ0) is 13.8. The van der Waals surface area contributed by atoms with Crippen LogP contribution < -0.4 is 16.8 Å². The molecule has 0 aromatic heterocycles. The van der Waals surface area contributed by atoms with Gasteiger partial charge in [-0.25, -0.2) is 0 Å². The Morgan fingerprint density at radius 3 is 2.56 bits per heavy atom. The van der Waals surface area contributed by atoms with Crippen molar-refractivity contribution in [2.24, 2.45) is 11.1 Å². The molecule has 1 aromatic rings. The van der Waals surface area contributed by atoms with E-state index in [2.05, 4.69) is 5.32 Å². The quantitative estimate of drug-likeness (QED) is 0.660. The number of rotatable bonds is 5. The van der Waals surface area contributed by atoms with Crippen LogP contribution in [0.2, 0.25) is 0 Å². The predicted octanol–water partition coefficient (Wildman–Crippen LogP) is 0.439. The second kappa shape index (κ2) is 5.53. The molecule has 1 rings (SSSR count). The van der Waals surface area contributed by atoms with Gasteiger partial charge < -0.3 is 16.8 Å². The predicted molar refractivity (Wildman–Crippen MR) is 70.5 cm³/mol. The molecule has 0 atom stereocenters. The van der Waals surface area contributed by atoms with E-state index in [1.165, 1.54) is 0 Å². The lowest BCUT2D eigenvalue weighted by molar-refractivity contribution is -0.126. The summed E-state index contributed by atoms with van der Waals surface area (Å²) >= 11 is 0. The molecule has 5 heteroatoms. The van der Waals surface area contributed by atoms with Gasteiger partial charge in [0, 0.05) is 12.2 Å². The van der Waals surface area contributed by atoms with Crippen LogP contribution >= 0.6 is 0 Å². The van der Waals surface area contributed by atoms with Gasteiger partial charge in [-0.15, -0.1) is 0 Å². The molecule has 0 aliphatic carbocycles. The molecule has 0 heterocycles. The molecule has 98 valence electrons. The zero-order valence-electron chi connectivity index (χ0n) is 10.7. The first-order valence-electron chi connectivity index (χ1n) is 5.72. The number of anilines is 1. The summed E-state index contributed by atoms with van der Waals surface area (Å²) in [7, 11) is 0. The molecular weight excluding hydrogens is 230 g/mol. The summed E-state index contributed by atoms with van der Waals surface area (Å²) in [5.74, 6) is -0.596. The maximum Gasteiger partial charge on any atom is 0.224 e. The lowest BCUT2D eigenvalue weighted by Gasteiger charge is -2.20. The number of nitrogens with two attached hydrogens (primary N) is 2. The lowest BCUT2D eigenvalue weighted by atomic mass is 9.92. The maximum absolute atomic E-state index is 11.7. The van der Waals surface area contributed by atoms with Crippen molar-refractivity contribution in [3.63, 3.8) is 0 Å². The third-order valence-electron chi connectivity index (χ3n) is 2.71. The van der Waals surface area contributed by atoms with Crippen molar-refractivity contribution in [3.05, 3.63) is 29.8 Å². The van der Waals surface area contributed by atoms with Gasteiger partial charge in [0.25, 0.3) is 0 Å². The minimum atomic E-state index is -0.745. The summed E-state index contributed by atoms with van der Waals surface area (Å²) in [6.45, 7) is 3.61. The zero-order valence-corrected chi connectivity index (χ0v) is 10.7. The van der Waals surface area contributed by atoms with Crippen LogP contribution in [0.4, 0.5) is 5.69 Å². The van der Waals surface area contributed by atoms with Crippen molar-refractivity contribution in [2.75, 3.05) is 12.3 Å². The van der Waals surface area contributed by atoms with Crippen LogP contribution in [0, 0.1) is 5.41 Å². The molecule has 0 radical (unpaired) electrons. The van der Waals surface area contributed by atoms with Gasteiger partial charge in [0.15, 0.2) is 0 Å². The lowest BCUT2D eigenvalue weighted by Crippen LogP contribution is -2.42. The van der Waals surface area contributed by atoms with Gasteiger partial charge in [-0.05, 0) is 31.5 Å². The summed E-state index contributed by atoms with van der Waals surface area (Å²) < 4.78 is 0. The molecule has 5 N–H and O–H groups in total. The van der Waals surface area contributed by atoms with Gasteiger partial charge in [0.05, 0.1) is 11.8 Å². The van der Waals surface area contributed by atoms with Crippen molar-refractivity contribution in [1.29, 1.82) is 0 Å². The number of hydrogen-bond acceptors (Lipinski definition) is 3. The Balaban J connectivity index is 2.50. The Hall–Kier alpha value is -2.04. The maximum atomic E-state index is 11.7. The molecular formula is C13H19N3O2. The van der Waals surface area contributed by atoms with E-state index in [1.807, 2.05) is 6.07 Å². The normalized spacial score (nSPS) is 11.0. The number of hydrogen-bond donors (Lipinski definition) is 3. The average molecular weight is 249 g/mol. The molecule has 0 saturated heterocycles. The number of nitrogens with one attached hydrogen (secondary N) is 1. The van der Waals surface area contributed by atoms with E-state index >= 15 is 0 Å². The second-order valence-electron chi connectivity index (χ2n) is 4.95. The Labute approximate surface area is 107 Å². The number of carbonyl (C=O) groups excluding carboxylic acids is 2. The van der Waals surface area contributed by atoms with Crippen LogP contribution in [-0.2, 0) is 16.0 Å². The van der Waals surface area contributed by atoms with Gasteiger partial charge in [-0.1, -0.05) is 12.1 Å². The molecule has 1 aromatic carbocycles.